The van der Waals surface area contributed by atoms with Gasteiger partial charge in [-0.3, -0.25) is 0 Å². The van der Waals surface area contributed by atoms with E-state index in [1.165, 1.54) is 0 Å². The minimum absolute atomic E-state index is 1.62. The van der Waals surface area contributed by atoms with Crippen molar-refractivity contribution in [3.05, 3.63) is 21.6 Å². The van der Waals surface area contributed by atoms with E-state index in [-0.39, 0.29) is 0 Å². The van der Waals surface area contributed by atoms with E-state index in [4.69, 9.17) is 0 Å². The zero-order valence-corrected chi connectivity index (χ0v) is 12.3. The first kappa shape index (κ1) is 23.6. The number of hydrogen-bond donors (Lipinski definition) is 0. The van der Waals surface area contributed by atoms with Crippen molar-refractivity contribution in [2.24, 2.45) is 0 Å². The maximum Gasteiger partial charge on any atom is 0.460 e. The van der Waals surface area contributed by atoms with Gasteiger partial charge in [0.15, 0.2) is 5.82 Å². The van der Waals surface area contributed by atoms with Crippen LogP contribution in [0.5, 0.6) is 0 Å². The van der Waals surface area contributed by atoms with Gasteiger partial charge in [-0.2, -0.15) is 65.9 Å². The van der Waals surface area contributed by atoms with E-state index >= 15 is 0 Å². The normalized spacial score (nSPS) is 15.4. The van der Waals surface area contributed by atoms with E-state index in [9.17, 15) is 70.2 Å². The smallest absolute Gasteiger partial charge is 0.202 e. The number of thiophene rings is 1. The lowest BCUT2D eigenvalue weighted by Gasteiger charge is -2.39. The molecular weight excluding hydrogens is 456 g/mol. The van der Waals surface area contributed by atoms with Crippen molar-refractivity contribution in [2.75, 3.05) is 0 Å². The summed E-state index contributed by atoms with van der Waals surface area (Å²) in [5, 5.41) is -2.64. The average Bonchev–Trinajstić information content (AvgIpc) is 2.73. The van der Waals surface area contributed by atoms with Crippen molar-refractivity contribution in [3.8, 4) is 0 Å². The Morgan fingerprint density at radius 1 is 0.481 bits per heavy atom. The second-order valence-corrected chi connectivity index (χ2v) is 5.67. The molecule has 0 amide bonds. The van der Waals surface area contributed by atoms with Gasteiger partial charge in [0.05, 0.1) is 0 Å². The summed E-state index contributed by atoms with van der Waals surface area (Å²) in [7, 11) is 0. The van der Waals surface area contributed by atoms with Crippen LogP contribution in [0.4, 0.5) is 70.2 Å². The third-order valence-electron chi connectivity index (χ3n) is 2.97. The van der Waals surface area contributed by atoms with Gasteiger partial charge in [0, 0.05) is 0 Å². The molecule has 27 heavy (non-hydrogen) atoms. The van der Waals surface area contributed by atoms with Crippen LogP contribution < -0.4 is 0 Å². The molecule has 0 saturated carbocycles. The first-order valence-electron chi connectivity index (χ1n) is 5.68. The summed E-state index contributed by atoms with van der Waals surface area (Å²) in [6.07, 6.45) is -7.60. The largest absolute Gasteiger partial charge is 0.460 e. The van der Waals surface area contributed by atoms with Crippen molar-refractivity contribution < 1.29 is 70.2 Å². The minimum atomic E-state index is -8.18. The molecule has 0 unspecified atom stereocenters. The van der Waals surface area contributed by atoms with Crippen molar-refractivity contribution in [1.29, 1.82) is 0 Å². The molecule has 1 heterocycles. The molecule has 0 bridgehead atoms. The number of hydrogen-bond acceptors (Lipinski definition) is 1. The fourth-order valence-corrected chi connectivity index (χ4v) is 2.27. The first-order valence-corrected chi connectivity index (χ1v) is 6.50. The fourth-order valence-electron chi connectivity index (χ4n) is 1.48. The number of rotatable bonds is 5. The van der Waals surface area contributed by atoms with Gasteiger partial charge in [0.2, 0.25) is 10.9 Å². The second kappa shape index (κ2) is 6.04. The quantitative estimate of drug-likeness (QED) is 0.453. The van der Waals surface area contributed by atoms with Crippen LogP contribution in [0.1, 0.15) is 4.88 Å². The van der Waals surface area contributed by atoms with Crippen molar-refractivity contribution >= 4 is 11.3 Å². The van der Waals surface area contributed by atoms with Crippen LogP contribution in [0.2, 0.25) is 0 Å². The molecule has 0 aromatic carbocycles. The van der Waals surface area contributed by atoms with Crippen molar-refractivity contribution in [3.63, 3.8) is 0 Å². The summed E-state index contributed by atoms with van der Waals surface area (Å²) in [5.41, 5.74) is 0. The van der Waals surface area contributed by atoms with E-state index in [0.717, 1.165) is 0 Å². The van der Waals surface area contributed by atoms with Gasteiger partial charge < -0.3 is 0 Å². The van der Waals surface area contributed by atoms with Crippen LogP contribution in [-0.4, -0.2) is 29.9 Å². The highest BCUT2D eigenvalue weighted by Crippen LogP contribution is 2.62. The Morgan fingerprint density at radius 3 is 1.15 bits per heavy atom. The highest BCUT2D eigenvalue weighted by atomic mass is 32.1. The molecule has 0 aliphatic rings. The Kier molecular flexibility index (Phi) is 5.28. The Hall–Kier alpha value is -1.42. The van der Waals surface area contributed by atoms with Gasteiger partial charge in [0.25, 0.3) is 0 Å². The summed E-state index contributed by atoms with van der Waals surface area (Å²) in [6.45, 7) is 0. The molecule has 0 aliphatic carbocycles. The topological polar surface area (TPSA) is 0 Å². The fraction of sp³-hybridized carbons (Fsp3) is 0.600. The van der Waals surface area contributed by atoms with Crippen molar-refractivity contribution in [2.45, 2.75) is 35.8 Å². The van der Waals surface area contributed by atoms with E-state index < -0.39 is 68.8 Å². The second-order valence-electron chi connectivity index (χ2n) is 4.70. The van der Waals surface area contributed by atoms with Gasteiger partial charge in [-0.15, -0.1) is 0 Å². The zero-order chi connectivity index (χ0) is 22.0. The van der Waals surface area contributed by atoms with Gasteiger partial charge >= 0.3 is 35.8 Å². The maximum absolute atomic E-state index is 13.4. The third-order valence-corrected chi connectivity index (χ3v) is 3.97. The molecule has 1 rings (SSSR count). The molecule has 0 radical (unpaired) electrons. The molecule has 0 aliphatic heterocycles. The molecule has 17 heteroatoms. The van der Waals surface area contributed by atoms with E-state index in [2.05, 4.69) is 0 Å². The molecule has 0 N–H and O–H groups in total. The summed E-state index contributed by atoms with van der Waals surface area (Å²) in [5.74, 6) is -45.4. The summed E-state index contributed by atoms with van der Waals surface area (Å²) >= 11 is -1.62. The highest BCUT2D eigenvalue weighted by Gasteiger charge is 2.91. The van der Waals surface area contributed by atoms with E-state index in [0.29, 0.717) is 0 Å². The van der Waals surface area contributed by atoms with Crippen LogP contribution in [0, 0.1) is 16.8 Å². The molecule has 0 atom stereocenters. The molecule has 1 aromatic heterocycles. The van der Waals surface area contributed by atoms with Crippen LogP contribution in [0.25, 0.3) is 0 Å². The van der Waals surface area contributed by atoms with Crippen LogP contribution in [0.3, 0.4) is 0 Å². The summed E-state index contributed by atoms with van der Waals surface area (Å²) in [4.78, 5) is -3.27. The summed E-state index contributed by atoms with van der Waals surface area (Å²) in [6, 6.07) is 0. The Balaban J connectivity index is 3.66. The SMILES string of the molecule is Fc1sc(C(F)(F)C(F)(F)C(F)(F)C(F)(F)C(F)(F)C(F)(F)F)c(F)c1F. The van der Waals surface area contributed by atoms with Crippen LogP contribution in [-0.2, 0) is 5.92 Å². The molecule has 0 nitrogen and oxygen atoms in total. The Bertz CT molecular complexity index is 710. The lowest BCUT2D eigenvalue weighted by Crippen LogP contribution is -2.69. The predicted octanol–water partition coefficient (Wildman–Crippen LogP) is 6.36. The molecule has 0 saturated heterocycles. The molecule has 0 fully saturated rings. The van der Waals surface area contributed by atoms with Gasteiger partial charge in [0.1, 0.15) is 4.88 Å². The molecule has 0 spiro atoms. The first-order chi connectivity index (χ1) is 11.6. The average molecular weight is 456 g/mol. The van der Waals surface area contributed by atoms with Gasteiger partial charge in [-0.1, -0.05) is 11.3 Å². The Morgan fingerprint density at radius 2 is 0.852 bits per heavy atom. The Labute approximate surface area is 140 Å². The number of alkyl halides is 13. The summed E-state index contributed by atoms with van der Waals surface area (Å²) < 4.78 is 205. The lowest BCUT2D eigenvalue weighted by molar-refractivity contribution is -0.441. The molecule has 158 valence electrons. The zero-order valence-electron chi connectivity index (χ0n) is 11.5. The van der Waals surface area contributed by atoms with Crippen LogP contribution in [0.15, 0.2) is 0 Å². The van der Waals surface area contributed by atoms with Crippen LogP contribution >= 0.6 is 11.3 Å². The van der Waals surface area contributed by atoms with E-state index in [1.807, 2.05) is 0 Å². The standard InChI is InChI=1S/C10F16S/c11-1-2(12)4(13)27-3(1)5(14,15)6(16,17)7(18,19)8(20,21)9(22,23)10(24,25)26. The molecular formula is C10F16S. The minimum Gasteiger partial charge on any atom is -0.202 e. The maximum atomic E-state index is 13.4. The van der Waals surface area contributed by atoms with Gasteiger partial charge in [-0.25, -0.2) is 4.39 Å². The predicted molar refractivity (Wildman–Crippen MR) is 53.9 cm³/mol. The molecule has 1 aromatic rings. The van der Waals surface area contributed by atoms with Crippen molar-refractivity contribution in [1.82, 2.24) is 0 Å². The van der Waals surface area contributed by atoms with Gasteiger partial charge in [-0.05, 0) is 0 Å². The number of halogens is 16. The monoisotopic (exact) mass is 456 g/mol. The third kappa shape index (κ3) is 2.91. The van der Waals surface area contributed by atoms with E-state index in [1.54, 1.807) is 0 Å². The highest BCUT2D eigenvalue weighted by molar-refractivity contribution is 7.10. The lowest BCUT2D eigenvalue weighted by atomic mass is 9.93.